The molecule has 6 nitrogen and oxygen atoms in total. The summed E-state index contributed by atoms with van der Waals surface area (Å²) in [5.41, 5.74) is -0.381. The van der Waals surface area contributed by atoms with Crippen LogP contribution >= 0.6 is 15.9 Å². The highest BCUT2D eigenvalue weighted by Crippen LogP contribution is 2.32. The number of halogens is 1. The summed E-state index contributed by atoms with van der Waals surface area (Å²) in [6.45, 7) is 7.63. The smallest absolute Gasteiger partial charge is 0.343 e. The van der Waals surface area contributed by atoms with Gasteiger partial charge in [-0.05, 0) is 34.3 Å². The summed E-state index contributed by atoms with van der Waals surface area (Å²) in [5.74, 6) is -0.677. The van der Waals surface area contributed by atoms with Gasteiger partial charge in [0.05, 0.1) is 24.6 Å². The number of pyridine rings is 2. The van der Waals surface area contributed by atoms with Crippen molar-refractivity contribution >= 4 is 32.9 Å². The van der Waals surface area contributed by atoms with Gasteiger partial charge in [-0.15, -0.1) is 0 Å². The van der Waals surface area contributed by atoms with Crippen LogP contribution in [0, 0.1) is 5.41 Å². The molecule has 0 radical (unpaired) electrons. The number of carbonyl (C=O) groups is 1. The molecule has 1 N–H and O–H groups in total. The molecule has 2 aromatic heterocycles. The van der Waals surface area contributed by atoms with Crippen LogP contribution in [0.2, 0.25) is 0 Å². The highest BCUT2D eigenvalue weighted by Gasteiger charge is 2.28. The van der Waals surface area contributed by atoms with Gasteiger partial charge in [-0.25, -0.2) is 9.78 Å². The van der Waals surface area contributed by atoms with Gasteiger partial charge in [-0.2, -0.15) is 0 Å². The average Bonchev–Trinajstić information content (AvgIpc) is 2.49. The molecule has 0 saturated carbocycles. The van der Waals surface area contributed by atoms with Crippen LogP contribution < -0.4 is 5.43 Å². The zero-order valence-corrected chi connectivity index (χ0v) is 15.8. The molecule has 2 heterocycles. The van der Waals surface area contributed by atoms with E-state index in [4.69, 9.17) is 4.74 Å². The molecule has 7 heteroatoms. The summed E-state index contributed by atoms with van der Waals surface area (Å²) in [5, 5.41) is 10.2. The highest BCUT2D eigenvalue weighted by atomic mass is 79.9. The van der Waals surface area contributed by atoms with E-state index >= 15 is 0 Å². The number of aliphatic hydroxyl groups is 1. The first-order chi connectivity index (χ1) is 11.2. The van der Waals surface area contributed by atoms with Gasteiger partial charge >= 0.3 is 5.97 Å². The van der Waals surface area contributed by atoms with E-state index in [1.54, 1.807) is 23.8 Å². The maximum atomic E-state index is 12.7. The molecule has 24 heavy (non-hydrogen) atoms. The van der Waals surface area contributed by atoms with E-state index in [1.165, 1.54) is 6.20 Å². The molecule has 0 bridgehead atoms. The molecule has 2 rings (SSSR count). The van der Waals surface area contributed by atoms with Gasteiger partial charge in [0.15, 0.2) is 0 Å². The lowest BCUT2D eigenvalue weighted by molar-refractivity contribution is 0.0522. The van der Waals surface area contributed by atoms with Crippen LogP contribution in [0.1, 0.15) is 44.1 Å². The molecule has 130 valence electrons. The predicted molar refractivity (Wildman–Crippen MR) is 95.2 cm³/mol. The summed E-state index contributed by atoms with van der Waals surface area (Å²) in [6, 6.07) is 1.27. The number of nitrogens with zero attached hydrogens (tertiary/aromatic N) is 2. The molecule has 0 aliphatic carbocycles. The topological polar surface area (TPSA) is 81.4 Å². The van der Waals surface area contributed by atoms with Crippen molar-refractivity contribution in [2.45, 2.75) is 33.7 Å². The van der Waals surface area contributed by atoms with Crippen molar-refractivity contribution in [1.29, 1.82) is 0 Å². The highest BCUT2D eigenvalue weighted by molar-refractivity contribution is 9.10. The maximum absolute atomic E-state index is 12.7. The van der Waals surface area contributed by atoms with Gasteiger partial charge in [-0.3, -0.25) is 4.79 Å². The van der Waals surface area contributed by atoms with Gasteiger partial charge in [0.1, 0.15) is 11.2 Å². The van der Waals surface area contributed by atoms with E-state index in [1.807, 2.05) is 20.8 Å². The van der Waals surface area contributed by atoms with E-state index in [0.29, 0.717) is 15.5 Å². The fourth-order valence-electron chi connectivity index (χ4n) is 2.58. The Balaban J connectivity index is 2.85. The Labute approximate surface area is 148 Å². The number of aliphatic hydroxyl groups excluding tert-OH is 1. The standard InChI is InChI=1S/C17H21BrN2O4/c1-5-24-16(23)12-8-20(13(9-21)17(2,3)4)15-11(14(12)22)6-10(18)7-19-15/h6-8,13,21H,5,9H2,1-4H3. The molecule has 0 aliphatic heterocycles. The molecule has 2 aromatic rings. The van der Waals surface area contributed by atoms with Crippen molar-refractivity contribution in [3.05, 3.63) is 38.7 Å². The van der Waals surface area contributed by atoms with E-state index in [-0.39, 0.29) is 30.2 Å². The summed E-state index contributed by atoms with van der Waals surface area (Å²) >= 11 is 3.30. The van der Waals surface area contributed by atoms with Crippen molar-refractivity contribution < 1.29 is 14.6 Å². The number of ether oxygens (including phenoxy) is 1. The van der Waals surface area contributed by atoms with Gasteiger partial charge in [0, 0.05) is 16.9 Å². The second kappa shape index (κ2) is 7.03. The van der Waals surface area contributed by atoms with Crippen molar-refractivity contribution in [2.75, 3.05) is 13.2 Å². The maximum Gasteiger partial charge on any atom is 0.343 e. The summed E-state index contributed by atoms with van der Waals surface area (Å²) in [7, 11) is 0. The SMILES string of the molecule is CCOC(=O)c1cn(C(CO)C(C)(C)C)c2ncc(Br)cc2c1=O. The summed E-state index contributed by atoms with van der Waals surface area (Å²) in [6.07, 6.45) is 3.02. The fourth-order valence-corrected chi connectivity index (χ4v) is 2.91. The number of carbonyl (C=O) groups excluding carboxylic acids is 1. The Hall–Kier alpha value is -1.73. The van der Waals surface area contributed by atoms with Crippen LogP contribution in [0.25, 0.3) is 11.0 Å². The first-order valence-electron chi connectivity index (χ1n) is 7.69. The van der Waals surface area contributed by atoms with E-state index in [9.17, 15) is 14.7 Å². The Morgan fingerprint density at radius 3 is 2.67 bits per heavy atom. The Morgan fingerprint density at radius 2 is 2.12 bits per heavy atom. The molecule has 0 aliphatic rings. The summed E-state index contributed by atoms with van der Waals surface area (Å²) in [4.78, 5) is 29.2. The zero-order chi connectivity index (χ0) is 18.1. The van der Waals surface area contributed by atoms with Crippen molar-refractivity contribution in [3.8, 4) is 0 Å². The average molecular weight is 397 g/mol. The van der Waals surface area contributed by atoms with Gasteiger partial charge in [0.25, 0.3) is 0 Å². The minimum Gasteiger partial charge on any atom is -0.462 e. The lowest BCUT2D eigenvalue weighted by atomic mass is 9.86. The van der Waals surface area contributed by atoms with Crippen LogP contribution in [0.5, 0.6) is 0 Å². The van der Waals surface area contributed by atoms with E-state index in [0.717, 1.165) is 0 Å². The zero-order valence-electron chi connectivity index (χ0n) is 14.2. The molecule has 0 saturated heterocycles. The number of hydrogen-bond acceptors (Lipinski definition) is 5. The molecular formula is C17H21BrN2O4. The molecule has 0 amide bonds. The Bertz CT molecular complexity index is 824. The first kappa shape index (κ1) is 18.6. The van der Waals surface area contributed by atoms with Gasteiger partial charge in [0.2, 0.25) is 5.43 Å². The van der Waals surface area contributed by atoms with Crippen LogP contribution in [0.15, 0.2) is 27.7 Å². The fraction of sp³-hybridized carbons (Fsp3) is 0.471. The normalized spacial score (nSPS) is 13.1. The van der Waals surface area contributed by atoms with Crippen molar-refractivity contribution in [1.82, 2.24) is 9.55 Å². The quantitative estimate of drug-likeness (QED) is 0.803. The monoisotopic (exact) mass is 396 g/mol. The molecule has 1 atom stereocenters. The van der Waals surface area contributed by atoms with Gasteiger partial charge < -0.3 is 14.4 Å². The van der Waals surface area contributed by atoms with E-state index < -0.39 is 11.4 Å². The molecule has 0 aromatic carbocycles. The largest absolute Gasteiger partial charge is 0.462 e. The number of fused-ring (bicyclic) bond motifs is 1. The third-order valence-electron chi connectivity index (χ3n) is 3.84. The van der Waals surface area contributed by atoms with Crippen LogP contribution in [-0.2, 0) is 4.74 Å². The minimum atomic E-state index is -0.677. The number of hydrogen-bond donors (Lipinski definition) is 1. The Kier molecular flexibility index (Phi) is 5.45. The van der Waals surface area contributed by atoms with Crippen LogP contribution in [-0.4, -0.2) is 33.8 Å². The van der Waals surface area contributed by atoms with Crippen molar-refractivity contribution in [3.63, 3.8) is 0 Å². The number of aromatic nitrogens is 2. The predicted octanol–water partition coefficient (Wildman–Crippen LogP) is 2.92. The Morgan fingerprint density at radius 1 is 1.46 bits per heavy atom. The second-order valence-electron chi connectivity index (χ2n) is 6.59. The van der Waals surface area contributed by atoms with Crippen molar-refractivity contribution in [2.24, 2.45) is 5.41 Å². The lowest BCUT2D eigenvalue weighted by Gasteiger charge is -2.32. The van der Waals surface area contributed by atoms with Crippen LogP contribution in [0.3, 0.4) is 0 Å². The van der Waals surface area contributed by atoms with Gasteiger partial charge in [-0.1, -0.05) is 20.8 Å². The summed E-state index contributed by atoms with van der Waals surface area (Å²) < 4.78 is 7.32. The number of esters is 1. The minimum absolute atomic E-state index is 0.0630. The van der Waals surface area contributed by atoms with Crippen LogP contribution in [0.4, 0.5) is 0 Å². The molecule has 0 spiro atoms. The van der Waals surface area contributed by atoms with E-state index in [2.05, 4.69) is 20.9 Å². The molecule has 1 unspecified atom stereocenters. The lowest BCUT2D eigenvalue weighted by Crippen LogP contribution is -2.31. The first-order valence-corrected chi connectivity index (χ1v) is 8.48. The molecule has 0 fully saturated rings. The molecular weight excluding hydrogens is 376 g/mol. The third-order valence-corrected chi connectivity index (χ3v) is 4.27. The second-order valence-corrected chi connectivity index (χ2v) is 7.50. The number of rotatable bonds is 4. The third kappa shape index (κ3) is 3.52.